The van der Waals surface area contributed by atoms with Crippen LogP contribution < -0.4 is 14.8 Å². The summed E-state index contributed by atoms with van der Waals surface area (Å²) < 4.78 is 34.2. The highest BCUT2D eigenvalue weighted by Crippen LogP contribution is 2.29. The van der Waals surface area contributed by atoms with Crippen molar-refractivity contribution in [1.29, 1.82) is 0 Å². The van der Waals surface area contributed by atoms with E-state index in [4.69, 9.17) is 9.47 Å². The fourth-order valence-corrected chi connectivity index (χ4v) is 3.18. The first kappa shape index (κ1) is 20.3. The predicted octanol–water partition coefficient (Wildman–Crippen LogP) is 2.85. The van der Waals surface area contributed by atoms with Crippen LogP contribution in [0.2, 0.25) is 0 Å². The molecule has 0 saturated carbocycles. The van der Waals surface area contributed by atoms with Gasteiger partial charge < -0.3 is 19.9 Å². The molecule has 0 aliphatic rings. The molecule has 2 aromatic carbocycles. The lowest BCUT2D eigenvalue weighted by Crippen LogP contribution is -2.10. The summed E-state index contributed by atoms with van der Waals surface area (Å²) in [4.78, 5) is 12.2. The Kier molecular flexibility index (Phi) is 6.46. The molecule has 0 aliphatic carbocycles. The van der Waals surface area contributed by atoms with Gasteiger partial charge in [-0.05, 0) is 42.0 Å². The number of aromatic hydroxyl groups is 1. The maximum absolute atomic E-state index is 12.1. The second-order valence-electron chi connectivity index (χ2n) is 5.52. The van der Waals surface area contributed by atoms with Gasteiger partial charge in [0.15, 0.2) is 21.3 Å². The van der Waals surface area contributed by atoms with E-state index in [0.717, 1.165) is 0 Å². The SMILES string of the molecule is CCS(=O)(=O)c1ccc(O)c(NC(=O)/C=C/c2ccc(OC)c(OC)c2)c1. The molecular weight excluding hydrogens is 370 g/mol. The molecule has 0 atom stereocenters. The van der Waals surface area contributed by atoms with Crippen LogP contribution in [0.15, 0.2) is 47.4 Å². The van der Waals surface area contributed by atoms with Crippen molar-refractivity contribution in [2.24, 2.45) is 0 Å². The summed E-state index contributed by atoms with van der Waals surface area (Å²) in [5.41, 5.74) is 0.723. The number of phenolic OH excluding ortho intramolecular Hbond substituents is 1. The minimum atomic E-state index is -3.45. The lowest BCUT2D eigenvalue weighted by Gasteiger charge is -2.09. The van der Waals surface area contributed by atoms with Crippen LogP contribution in [0, 0.1) is 0 Å². The Bertz CT molecular complexity index is 966. The summed E-state index contributed by atoms with van der Waals surface area (Å²) >= 11 is 0. The first-order valence-electron chi connectivity index (χ1n) is 8.07. The van der Waals surface area contributed by atoms with E-state index in [1.807, 2.05) is 0 Å². The van der Waals surface area contributed by atoms with Crippen LogP contribution in [0.25, 0.3) is 6.08 Å². The predicted molar refractivity (Wildman–Crippen MR) is 103 cm³/mol. The first-order valence-corrected chi connectivity index (χ1v) is 9.72. The van der Waals surface area contributed by atoms with E-state index in [1.165, 1.54) is 45.4 Å². The number of carbonyl (C=O) groups excluding carboxylic acids is 1. The zero-order valence-corrected chi connectivity index (χ0v) is 16.0. The Morgan fingerprint density at radius 2 is 1.81 bits per heavy atom. The second-order valence-corrected chi connectivity index (χ2v) is 7.80. The highest BCUT2D eigenvalue weighted by molar-refractivity contribution is 7.91. The van der Waals surface area contributed by atoms with Crippen LogP contribution >= 0.6 is 0 Å². The van der Waals surface area contributed by atoms with Crippen LogP contribution in [0.1, 0.15) is 12.5 Å². The molecular formula is C19H21NO6S. The largest absolute Gasteiger partial charge is 0.506 e. The third-order valence-corrected chi connectivity index (χ3v) is 5.53. The number of sulfone groups is 1. The van der Waals surface area contributed by atoms with E-state index in [-0.39, 0.29) is 22.1 Å². The molecule has 0 radical (unpaired) electrons. The monoisotopic (exact) mass is 391 g/mol. The van der Waals surface area contributed by atoms with Crippen molar-refractivity contribution in [2.45, 2.75) is 11.8 Å². The normalized spacial score (nSPS) is 11.4. The summed E-state index contributed by atoms with van der Waals surface area (Å²) in [5.74, 6) is 0.266. The molecule has 8 heteroatoms. The molecule has 0 aromatic heterocycles. The van der Waals surface area contributed by atoms with Crippen molar-refractivity contribution in [1.82, 2.24) is 0 Å². The van der Waals surface area contributed by atoms with E-state index in [2.05, 4.69) is 5.32 Å². The molecule has 0 aliphatic heterocycles. The van der Waals surface area contributed by atoms with Crippen molar-refractivity contribution in [3.05, 3.63) is 48.0 Å². The Balaban J connectivity index is 2.18. The van der Waals surface area contributed by atoms with Crippen LogP contribution in [-0.4, -0.2) is 39.4 Å². The van der Waals surface area contributed by atoms with Gasteiger partial charge in [0.25, 0.3) is 0 Å². The number of rotatable bonds is 7. The van der Waals surface area contributed by atoms with Gasteiger partial charge in [0.05, 0.1) is 30.6 Å². The van der Waals surface area contributed by atoms with Crippen LogP contribution in [0.5, 0.6) is 17.2 Å². The summed E-state index contributed by atoms with van der Waals surface area (Å²) in [6.45, 7) is 1.52. The Hall–Kier alpha value is -3.00. The van der Waals surface area contributed by atoms with Gasteiger partial charge in [-0.15, -0.1) is 0 Å². The number of methoxy groups -OCH3 is 2. The number of phenols is 1. The molecule has 2 rings (SSSR count). The fourth-order valence-electron chi connectivity index (χ4n) is 2.28. The van der Waals surface area contributed by atoms with Gasteiger partial charge in [-0.2, -0.15) is 0 Å². The highest BCUT2D eigenvalue weighted by atomic mass is 32.2. The number of carbonyl (C=O) groups is 1. The molecule has 0 saturated heterocycles. The van der Waals surface area contributed by atoms with E-state index in [1.54, 1.807) is 24.3 Å². The minimum Gasteiger partial charge on any atom is -0.506 e. The van der Waals surface area contributed by atoms with E-state index in [9.17, 15) is 18.3 Å². The fraction of sp³-hybridized carbons (Fsp3) is 0.211. The Morgan fingerprint density at radius 3 is 2.44 bits per heavy atom. The van der Waals surface area contributed by atoms with Crippen LogP contribution in [0.3, 0.4) is 0 Å². The zero-order valence-electron chi connectivity index (χ0n) is 15.2. The summed E-state index contributed by atoms with van der Waals surface area (Å²) in [6, 6.07) is 8.92. The summed E-state index contributed by atoms with van der Waals surface area (Å²) in [6.07, 6.45) is 2.82. The zero-order chi connectivity index (χ0) is 20.0. The third kappa shape index (κ3) is 5.01. The average Bonchev–Trinajstić information content (AvgIpc) is 2.67. The van der Waals surface area contributed by atoms with Gasteiger partial charge in [0.1, 0.15) is 5.75 Å². The lowest BCUT2D eigenvalue weighted by atomic mass is 10.2. The molecule has 0 unspecified atom stereocenters. The standard InChI is InChI=1S/C19H21NO6S/c1-4-27(23,24)14-7-8-16(21)15(12-14)20-19(22)10-6-13-5-9-17(25-2)18(11-13)26-3/h5-12,21H,4H2,1-3H3,(H,20,22)/b10-6+. The molecule has 0 fully saturated rings. The van der Waals surface area contributed by atoms with Crippen molar-refractivity contribution < 1.29 is 27.8 Å². The lowest BCUT2D eigenvalue weighted by molar-refractivity contribution is -0.111. The Labute approximate surface area is 158 Å². The highest BCUT2D eigenvalue weighted by Gasteiger charge is 2.14. The molecule has 7 nitrogen and oxygen atoms in total. The van der Waals surface area contributed by atoms with Gasteiger partial charge in [0, 0.05) is 6.08 Å². The number of amides is 1. The van der Waals surface area contributed by atoms with Gasteiger partial charge in [-0.25, -0.2) is 8.42 Å². The van der Waals surface area contributed by atoms with Gasteiger partial charge in [-0.3, -0.25) is 4.79 Å². The summed E-state index contributed by atoms with van der Waals surface area (Å²) in [7, 11) is -0.409. The van der Waals surface area contributed by atoms with Crippen molar-refractivity contribution >= 4 is 27.5 Å². The number of anilines is 1. The second kappa shape index (κ2) is 8.59. The number of nitrogens with one attached hydrogen (secondary N) is 1. The molecule has 144 valence electrons. The van der Waals surface area contributed by atoms with Crippen molar-refractivity contribution in [2.75, 3.05) is 25.3 Å². The number of benzene rings is 2. The van der Waals surface area contributed by atoms with E-state index < -0.39 is 15.7 Å². The molecule has 2 N–H and O–H groups in total. The number of ether oxygens (including phenoxy) is 2. The molecule has 1 amide bonds. The molecule has 0 bridgehead atoms. The van der Waals surface area contributed by atoms with Crippen molar-refractivity contribution in [3.8, 4) is 17.2 Å². The maximum Gasteiger partial charge on any atom is 0.248 e. The number of hydrogen-bond acceptors (Lipinski definition) is 6. The topological polar surface area (TPSA) is 102 Å². The Morgan fingerprint density at radius 1 is 1.11 bits per heavy atom. The van der Waals surface area contributed by atoms with E-state index in [0.29, 0.717) is 17.1 Å². The first-order chi connectivity index (χ1) is 12.8. The maximum atomic E-state index is 12.1. The van der Waals surface area contributed by atoms with E-state index >= 15 is 0 Å². The van der Waals surface area contributed by atoms with Crippen molar-refractivity contribution in [3.63, 3.8) is 0 Å². The van der Waals surface area contributed by atoms with Crippen LogP contribution in [-0.2, 0) is 14.6 Å². The minimum absolute atomic E-state index is 0.0199. The molecule has 0 heterocycles. The van der Waals surface area contributed by atoms with Crippen LogP contribution in [0.4, 0.5) is 5.69 Å². The number of hydrogen-bond donors (Lipinski definition) is 2. The summed E-state index contributed by atoms with van der Waals surface area (Å²) in [5, 5.41) is 12.3. The third-order valence-electron chi connectivity index (χ3n) is 3.80. The van der Waals surface area contributed by atoms with Gasteiger partial charge >= 0.3 is 0 Å². The quantitative estimate of drug-likeness (QED) is 0.556. The van der Waals surface area contributed by atoms with Gasteiger partial charge in [-0.1, -0.05) is 13.0 Å². The molecule has 0 spiro atoms. The average molecular weight is 391 g/mol. The molecule has 2 aromatic rings. The molecule has 27 heavy (non-hydrogen) atoms. The smallest absolute Gasteiger partial charge is 0.248 e. The van der Waals surface area contributed by atoms with Gasteiger partial charge in [0.2, 0.25) is 5.91 Å².